The topological polar surface area (TPSA) is 136 Å². The molecule has 1 aromatic carbocycles. The minimum atomic E-state index is -1.17. The molecule has 4 N–H and O–H groups in total. The molecule has 2 amide bonds. The molecule has 0 spiro atoms. The third-order valence-corrected chi connectivity index (χ3v) is 4.93. The molecular formula is C17H18N2O6S. The summed E-state index contributed by atoms with van der Waals surface area (Å²) in [6.45, 7) is 2.75. The van der Waals surface area contributed by atoms with Crippen LogP contribution in [0, 0.1) is 0 Å². The molecule has 0 aliphatic heterocycles. The maximum absolute atomic E-state index is 12.2. The summed E-state index contributed by atoms with van der Waals surface area (Å²) in [6.07, 6.45) is 0.532. The highest BCUT2D eigenvalue weighted by molar-refractivity contribution is 7.19. The van der Waals surface area contributed by atoms with Gasteiger partial charge in [-0.1, -0.05) is 13.0 Å². The van der Waals surface area contributed by atoms with Crippen LogP contribution in [0.15, 0.2) is 18.2 Å². The number of aliphatic carboxylic acids is 1. The summed E-state index contributed by atoms with van der Waals surface area (Å²) in [5.41, 5.74) is 5.34. The second-order valence-electron chi connectivity index (χ2n) is 5.49. The van der Waals surface area contributed by atoms with Gasteiger partial charge < -0.3 is 20.9 Å². The lowest BCUT2D eigenvalue weighted by Crippen LogP contribution is -2.40. The molecule has 1 aromatic heterocycles. The molecule has 0 bridgehead atoms. The molecule has 0 aliphatic carbocycles. The van der Waals surface area contributed by atoms with Crippen LogP contribution >= 0.6 is 11.3 Å². The zero-order valence-electron chi connectivity index (χ0n) is 14.2. The maximum atomic E-state index is 12.2. The largest absolute Gasteiger partial charge is 0.483 e. The van der Waals surface area contributed by atoms with Crippen LogP contribution in [0.2, 0.25) is 0 Å². The van der Waals surface area contributed by atoms with Crippen molar-refractivity contribution in [3.05, 3.63) is 28.6 Å². The van der Waals surface area contributed by atoms with Gasteiger partial charge in [0, 0.05) is 15.0 Å². The molecule has 0 unspecified atom stereocenters. The van der Waals surface area contributed by atoms with Crippen LogP contribution < -0.4 is 15.8 Å². The van der Waals surface area contributed by atoms with Crippen LogP contribution in [0.5, 0.6) is 5.75 Å². The average molecular weight is 378 g/mol. The molecule has 8 nitrogen and oxygen atoms in total. The summed E-state index contributed by atoms with van der Waals surface area (Å²) in [7, 11) is 0. The molecule has 0 aliphatic rings. The molecule has 0 fully saturated rings. The molecule has 2 rings (SSSR count). The quantitative estimate of drug-likeness (QED) is 0.465. The number of amides is 2. The predicted molar refractivity (Wildman–Crippen MR) is 95.5 cm³/mol. The van der Waals surface area contributed by atoms with Gasteiger partial charge in [-0.3, -0.25) is 19.2 Å². The monoisotopic (exact) mass is 378 g/mol. The van der Waals surface area contributed by atoms with Gasteiger partial charge in [-0.25, -0.2) is 0 Å². The first kappa shape index (κ1) is 19.4. The number of rotatable bonds is 8. The van der Waals surface area contributed by atoms with Gasteiger partial charge in [-0.15, -0.1) is 11.3 Å². The number of nitrogens with two attached hydrogens (primary N) is 1. The van der Waals surface area contributed by atoms with Crippen LogP contribution in [0.25, 0.3) is 10.1 Å². The van der Waals surface area contributed by atoms with Gasteiger partial charge in [0.1, 0.15) is 11.8 Å². The van der Waals surface area contributed by atoms with Gasteiger partial charge >= 0.3 is 5.97 Å². The van der Waals surface area contributed by atoms with Crippen molar-refractivity contribution in [3.8, 4) is 5.75 Å². The lowest BCUT2D eigenvalue weighted by Gasteiger charge is -2.11. The fourth-order valence-electron chi connectivity index (χ4n) is 2.39. The number of hydrogen-bond donors (Lipinski definition) is 3. The Morgan fingerprint density at radius 3 is 2.58 bits per heavy atom. The van der Waals surface area contributed by atoms with E-state index in [1.54, 1.807) is 18.2 Å². The Morgan fingerprint density at radius 1 is 1.31 bits per heavy atom. The van der Waals surface area contributed by atoms with E-state index in [0.29, 0.717) is 16.7 Å². The maximum Gasteiger partial charge on any atom is 0.325 e. The zero-order chi connectivity index (χ0) is 19.4. The SMILES string of the molecule is CCc1sc2cccc(OCC(=O)N[C@H](C)C(=O)O)c2c1C(=O)C(N)=O. The summed E-state index contributed by atoms with van der Waals surface area (Å²) >= 11 is 1.35. The Balaban J connectivity index is 2.35. The van der Waals surface area contributed by atoms with Gasteiger partial charge in [0.25, 0.3) is 17.6 Å². The number of Topliss-reactive ketones (excluding diaryl/α,β-unsaturated/α-hetero) is 1. The molecule has 0 saturated heterocycles. The fourth-order valence-corrected chi connectivity index (χ4v) is 3.54. The second kappa shape index (κ2) is 7.96. The molecule has 1 atom stereocenters. The Bertz CT molecular complexity index is 889. The molecule has 0 saturated carbocycles. The van der Waals surface area contributed by atoms with E-state index in [9.17, 15) is 19.2 Å². The summed E-state index contributed by atoms with van der Waals surface area (Å²) in [6, 6.07) is 3.99. The lowest BCUT2D eigenvalue weighted by atomic mass is 10.0. The standard InChI is InChI=1S/C17H18N2O6S/c1-3-10-14(15(21)16(18)22)13-9(5-4-6-11(13)26-10)25-7-12(20)19-8(2)17(23)24/h4-6,8H,3,7H2,1-2H3,(H2,18,22)(H,19,20)(H,23,24)/t8-/m1/s1. The van der Waals surface area contributed by atoms with E-state index in [-0.39, 0.29) is 11.3 Å². The number of thiophene rings is 1. The Hall–Kier alpha value is -2.94. The van der Waals surface area contributed by atoms with Crippen LogP contribution in [-0.4, -0.2) is 41.3 Å². The van der Waals surface area contributed by atoms with Crippen molar-refractivity contribution in [3.63, 3.8) is 0 Å². The molecule has 0 radical (unpaired) electrons. The van der Waals surface area contributed by atoms with Crippen LogP contribution in [0.1, 0.15) is 29.1 Å². The Morgan fingerprint density at radius 2 is 2.00 bits per heavy atom. The third-order valence-electron chi connectivity index (χ3n) is 3.63. The minimum Gasteiger partial charge on any atom is -0.483 e. The first-order chi connectivity index (χ1) is 12.3. The first-order valence-corrected chi connectivity index (χ1v) is 8.61. The summed E-state index contributed by atoms with van der Waals surface area (Å²) in [5.74, 6) is -3.41. The first-order valence-electron chi connectivity index (χ1n) is 7.79. The summed E-state index contributed by atoms with van der Waals surface area (Å²) in [5, 5.41) is 11.5. The molecule has 2 aromatic rings. The molecular weight excluding hydrogens is 360 g/mol. The third kappa shape index (κ3) is 3.99. The van der Waals surface area contributed by atoms with Crippen molar-refractivity contribution in [1.82, 2.24) is 5.32 Å². The van der Waals surface area contributed by atoms with Crippen LogP contribution in [0.4, 0.5) is 0 Å². The smallest absolute Gasteiger partial charge is 0.325 e. The predicted octanol–water partition coefficient (Wildman–Crippen LogP) is 1.10. The van der Waals surface area contributed by atoms with Gasteiger partial charge in [0.2, 0.25) is 0 Å². The summed E-state index contributed by atoms with van der Waals surface area (Å²) < 4.78 is 6.21. The fraction of sp³-hybridized carbons (Fsp3) is 0.294. The van der Waals surface area contributed by atoms with Crippen LogP contribution in [-0.2, 0) is 20.8 Å². The van der Waals surface area contributed by atoms with Crippen LogP contribution in [0.3, 0.4) is 0 Å². The van der Waals surface area contributed by atoms with Gasteiger partial charge in [0.05, 0.1) is 5.56 Å². The molecule has 138 valence electrons. The Kier molecular flexibility index (Phi) is 5.93. The van der Waals surface area contributed by atoms with Crippen molar-refractivity contribution in [2.45, 2.75) is 26.3 Å². The van der Waals surface area contributed by atoms with E-state index < -0.39 is 36.2 Å². The molecule has 26 heavy (non-hydrogen) atoms. The van der Waals surface area contributed by atoms with Gasteiger partial charge in [-0.2, -0.15) is 0 Å². The average Bonchev–Trinajstić information content (AvgIpc) is 2.97. The number of nitrogens with one attached hydrogen (secondary N) is 1. The molecule has 1 heterocycles. The highest BCUT2D eigenvalue weighted by atomic mass is 32.1. The molecule has 9 heteroatoms. The van der Waals surface area contributed by atoms with Crippen molar-refractivity contribution >= 4 is 45.0 Å². The van der Waals surface area contributed by atoms with E-state index in [2.05, 4.69) is 5.32 Å². The second-order valence-corrected chi connectivity index (χ2v) is 6.63. The number of fused-ring (bicyclic) bond motifs is 1. The number of benzene rings is 1. The normalized spacial score (nSPS) is 11.8. The number of carbonyl (C=O) groups excluding carboxylic acids is 3. The number of primary amides is 1. The van der Waals surface area contributed by atoms with Crippen molar-refractivity contribution in [2.75, 3.05) is 6.61 Å². The van der Waals surface area contributed by atoms with E-state index in [1.165, 1.54) is 18.3 Å². The number of carbonyl (C=O) groups is 4. The number of ether oxygens (including phenoxy) is 1. The van der Waals surface area contributed by atoms with Gasteiger partial charge in [-0.05, 0) is 25.5 Å². The number of hydrogen-bond acceptors (Lipinski definition) is 6. The van der Waals surface area contributed by atoms with Crippen molar-refractivity contribution in [1.29, 1.82) is 0 Å². The minimum absolute atomic E-state index is 0.190. The lowest BCUT2D eigenvalue weighted by molar-refractivity contribution is -0.141. The van der Waals surface area contributed by atoms with E-state index in [1.807, 2.05) is 6.92 Å². The van der Waals surface area contributed by atoms with Gasteiger partial charge in [0.15, 0.2) is 6.61 Å². The highest BCUT2D eigenvalue weighted by Crippen LogP contribution is 2.38. The van der Waals surface area contributed by atoms with E-state index in [0.717, 1.165) is 4.70 Å². The van der Waals surface area contributed by atoms with Crippen molar-refractivity contribution < 1.29 is 29.0 Å². The summed E-state index contributed by atoms with van der Waals surface area (Å²) in [4.78, 5) is 46.9. The highest BCUT2D eigenvalue weighted by Gasteiger charge is 2.24. The van der Waals surface area contributed by atoms with E-state index in [4.69, 9.17) is 15.6 Å². The van der Waals surface area contributed by atoms with E-state index >= 15 is 0 Å². The zero-order valence-corrected chi connectivity index (χ0v) is 15.0. The number of ketones is 1. The number of carboxylic acids is 1. The number of aryl methyl sites for hydroxylation is 1. The Labute approximate surface area is 152 Å². The number of carboxylic acid groups (broad SMARTS) is 1. The van der Waals surface area contributed by atoms with Crippen molar-refractivity contribution in [2.24, 2.45) is 5.73 Å².